The number of alkyl carbamates (subject to hydrolysis) is 1. The van der Waals surface area contributed by atoms with Crippen molar-refractivity contribution in [2.75, 3.05) is 6.54 Å². The molecule has 0 fully saturated rings. The van der Waals surface area contributed by atoms with Crippen LogP contribution in [0.5, 0.6) is 0 Å². The fraction of sp³-hybridized carbons (Fsp3) is 0.462. The molecule has 5 heteroatoms. The summed E-state index contributed by atoms with van der Waals surface area (Å²) in [6.07, 6.45) is -1.25. The Morgan fingerprint density at radius 1 is 1.39 bits per heavy atom. The van der Waals surface area contributed by atoms with Crippen LogP contribution in [0.4, 0.5) is 4.79 Å². The normalized spacial score (nSPS) is 12.9. The molecule has 0 radical (unpaired) electrons. The molecule has 100 valence electrons. The first-order chi connectivity index (χ1) is 8.28. The third-order valence-corrected chi connectivity index (χ3v) is 2.81. The fourth-order valence-electron chi connectivity index (χ4n) is 1.30. The van der Waals surface area contributed by atoms with Crippen LogP contribution in [0.15, 0.2) is 24.3 Å². The van der Waals surface area contributed by atoms with Crippen LogP contribution in [0.1, 0.15) is 32.4 Å². The molecular formula is C13H18INO3. The molecule has 0 aliphatic heterocycles. The van der Waals surface area contributed by atoms with Crippen molar-refractivity contribution in [2.45, 2.75) is 32.5 Å². The highest BCUT2D eigenvalue weighted by Crippen LogP contribution is 2.14. The predicted molar refractivity (Wildman–Crippen MR) is 78.4 cm³/mol. The van der Waals surface area contributed by atoms with E-state index in [4.69, 9.17) is 4.74 Å². The van der Waals surface area contributed by atoms with E-state index < -0.39 is 17.8 Å². The third-order valence-electron chi connectivity index (χ3n) is 2.09. The number of benzene rings is 1. The van der Waals surface area contributed by atoms with E-state index in [1.54, 1.807) is 20.8 Å². The zero-order valence-electron chi connectivity index (χ0n) is 10.7. The minimum absolute atomic E-state index is 0.134. The van der Waals surface area contributed by atoms with Gasteiger partial charge >= 0.3 is 6.09 Å². The van der Waals surface area contributed by atoms with Gasteiger partial charge in [-0.25, -0.2) is 4.79 Å². The molecule has 1 amide bonds. The quantitative estimate of drug-likeness (QED) is 0.812. The summed E-state index contributed by atoms with van der Waals surface area (Å²) >= 11 is 2.20. The van der Waals surface area contributed by atoms with Crippen molar-refractivity contribution in [3.63, 3.8) is 0 Å². The smallest absolute Gasteiger partial charge is 0.407 e. The lowest BCUT2D eigenvalue weighted by atomic mass is 10.1. The standard InChI is InChI=1S/C13H18INO3/c1-13(2,3)18-12(17)15-8-11(16)9-4-6-10(14)7-5-9/h4-7,11,16H,8H2,1-3H3,(H,15,17)/t11-/m0/s1. The van der Waals surface area contributed by atoms with Crippen molar-refractivity contribution in [3.8, 4) is 0 Å². The molecule has 0 aromatic heterocycles. The molecule has 0 aliphatic carbocycles. The number of hydrogen-bond donors (Lipinski definition) is 2. The van der Waals surface area contributed by atoms with Gasteiger partial charge in [-0.2, -0.15) is 0 Å². The highest BCUT2D eigenvalue weighted by Gasteiger charge is 2.17. The van der Waals surface area contributed by atoms with Gasteiger partial charge in [0.15, 0.2) is 0 Å². The molecule has 2 N–H and O–H groups in total. The second-order valence-corrected chi connectivity index (χ2v) is 6.20. The van der Waals surface area contributed by atoms with Gasteiger partial charge < -0.3 is 15.2 Å². The fourth-order valence-corrected chi connectivity index (χ4v) is 1.66. The second kappa shape index (κ2) is 6.38. The van der Waals surface area contributed by atoms with E-state index in [1.807, 2.05) is 24.3 Å². The average molecular weight is 363 g/mol. The lowest BCUT2D eigenvalue weighted by molar-refractivity contribution is 0.0492. The first-order valence-electron chi connectivity index (χ1n) is 5.68. The summed E-state index contributed by atoms with van der Waals surface area (Å²) in [5, 5.41) is 12.4. The number of amides is 1. The Labute approximate surface area is 121 Å². The molecule has 0 spiro atoms. The number of hydrogen-bond acceptors (Lipinski definition) is 3. The molecule has 1 aromatic carbocycles. The lowest BCUT2D eigenvalue weighted by Gasteiger charge is -2.20. The molecule has 4 nitrogen and oxygen atoms in total. The predicted octanol–water partition coefficient (Wildman–Crippen LogP) is 2.85. The van der Waals surface area contributed by atoms with E-state index >= 15 is 0 Å². The van der Waals surface area contributed by atoms with Crippen molar-refractivity contribution in [3.05, 3.63) is 33.4 Å². The van der Waals surface area contributed by atoms with Gasteiger partial charge in [0.1, 0.15) is 5.60 Å². The van der Waals surface area contributed by atoms with Crippen LogP contribution in [0, 0.1) is 3.57 Å². The summed E-state index contributed by atoms with van der Waals surface area (Å²) in [7, 11) is 0. The number of aliphatic hydroxyl groups is 1. The van der Waals surface area contributed by atoms with Crippen LogP contribution in [-0.2, 0) is 4.74 Å². The number of aliphatic hydroxyl groups excluding tert-OH is 1. The molecule has 0 heterocycles. The Balaban J connectivity index is 2.44. The Morgan fingerprint density at radius 3 is 2.44 bits per heavy atom. The van der Waals surface area contributed by atoms with Crippen molar-refractivity contribution >= 4 is 28.7 Å². The molecule has 1 aromatic rings. The molecular weight excluding hydrogens is 345 g/mol. The van der Waals surface area contributed by atoms with E-state index in [2.05, 4.69) is 27.9 Å². The number of carbonyl (C=O) groups is 1. The Bertz CT molecular complexity index is 398. The van der Waals surface area contributed by atoms with Gasteiger partial charge in [-0.05, 0) is 61.1 Å². The first-order valence-corrected chi connectivity index (χ1v) is 6.76. The van der Waals surface area contributed by atoms with Gasteiger partial charge in [0.25, 0.3) is 0 Å². The lowest BCUT2D eigenvalue weighted by Crippen LogP contribution is -2.34. The highest BCUT2D eigenvalue weighted by atomic mass is 127. The Hall–Kier alpha value is -0.820. The van der Waals surface area contributed by atoms with E-state index in [9.17, 15) is 9.90 Å². The number of rotatable bonds is 3. The van der Waals surface area contributed by atoms with Gasteiger partial charge in [-0.3, -0.25) is 0 Å². The van der Waals surface area contributed by atoms with Crippen molar-refractivity contribution in [2.24, 2.45) is 0 Å². The minimum Gasteiger partial charge on any atom is -0.444 e. The number of halogens is 1. The zero-order chi connectivity index (χ0) is 13.8. The maximum absolute atomic E-state index is 11.4. The molecule has 1 rings (SSSR count). The van der Waals surface area contributed by atoms with Crippen LogP contribution in [0.3, 0.4) is 0 Å². The summed E-state index contributed by atoms with van der Waals surface area (Å²) in [4.78, 5) is 11.4. The maximum Gasteiger partial charge on any atom is 0.407 e. The summed E-state index contributed by atoms with van der Waals surface area (Å²) in [5.41, 5.74) is 0.240. The first kappa shape index (κ1) is 15.2. The molecule has 0 saturated heterocycles. The van der Waals surface area contributed by atoms with Gasteiger partial charge in [-0.1, -0.05) is 12.1 Å². The van der Waals surface area contributed by atoms with E-state index in [1.165, 1.54) is 0 Å². The number of carbonyl (C=O) groups excluding carboxylic acids is 1. The molecule has 0 aliphatic rings. The van der Waals surface area contributed by atoms with Crippen LogP contribution in [-0.4, -0.2) is 23.3 Å². The van der Waals surface area contributed by atoms with Gasteiger partial charge in [0.2, 0.25) is 0 Å². The summed E-state index contributed by atoms with van der Waals surface area (Å²) in [5.74, 6) is 0. The van der Waals surface area contributed by atoms with Gasteiger partial charge in [0.05, 0.1) is 12.6 Å². The zero-order valence-corrected chi connectivity index (χ0v) is 12.9. The highest BCUT2D eigenvalue weighted by molar-refractivity contribution is 14.1. The number of nitrogens with one attached hydrogen (secondary N) is 1. The van der Waals surface area contributed by atoms with Crippen molar-refractivity contribution < 1.29 is 14.6 Å². The average Bonchev–Trinajstić information content (AvgIpc) is 2.24. The van der Waals surface area contributed by atoms with Crippen LogP contribution >= 0.6 is 22.6 Å². The SMILES string of the molecule is CC(C)(C)OC(=O)NC[C@H](O)c1ccc(I)cc1. The summed E-state index contributed by atoms with van der Waals surface area (Å²) in [6, 6.07) is 7.49. The summed E-state index contributed by atoms with van der Waals surface area (Å²) < 4.78 is 6.18. The van der Waals surface area contributed by atoms with E-state index in [-0.39, 0.29) is 6.54 Å². The van der Waals surface area contributed by atoms with E-state index in [0.717, 1.165) is 9.13 Å². The largest absolute Gasteiger partial charge is 0.444 e. The maximum atomic E-state index is 11.4. The monoisotopic (exact) mass is 363 g/mol. The molecule has 0 saturated carbocycles. The van der Waals surface area contributed by atoms with Crippen LogP contribution < -0.4 is 5.32 Å². The van der Waals surface area contributed by atoms with Crippen molar-refractivity contribution in [1.82, 2.24) is 5.32 Å². The number of ether oxygens (including phenoxy) is 1. The third kappa shape index (κ3) is 5.68. The second-order valence-electron chi connectivity index (χ2n) is 4.95. The van der Waals surface area contributed by atoms with Crippen molar-refractivity contribution in [1.29, 1.82) is 0 Å². The van der Waals surface area contributed by atoms with E-state index in [0.29, 0.717) is 0 Å². The molecule has 0 unspecified atom stereocenters. The molecule has 0 bridgehead atoms. The van der Waals surface area contributed by atoms with Crippen LogP contribution in [0.2, 0.25) is 0 Å². The van der Waals surface area contributed by atoms with Gasteiger partial charge in [-0.15, -0.1) is 0 Å². The molecule has 1 atom stereocenters. The Kier molecular flexibility index (Phi) is 5.40. The summed E-state index contributed by atoms with van der Waals surface area (Å²) in [6.45, 7) is 5.52. The van der Waals surface area contributed by atoms with Gasteiger partial charge in [0, 0.05) is 3.57 Å². The minimum atomic E-state index is -0.727. The van der Waals surface area contributed by atoms with Crippen LogP contribution in [0.25, 0.3) is 0 Å². The Morgan fingerprint density at radius 2 is 1.94 bits per heavy atom. The molecule has 18 heavy (non-hydrogen) atoms. The topological polar surface area (TPSA) is 58.6 Å².